The summed E-state index contributed by atoms with van der Waals surface area (Å²) < 4.78 is 5.95. The van der Waals surface area contributed by atoms with Crippen molar-refractivity contribution in [3.63, 3.8) is 0 Å². The molecule has 21 heavy (non-hydrogen) atoms. The van der Waals surface area contributed by atoms with Gasteiger partial charge in [-0.3, -0.25) is 4.90 Å². The van der Waals surface area contributed by atoms with Gasteiger partial charge in [-0.1, -0.05) is 12.1 Å². The Bertz CT molecular complexity index is 419. The molecule has 4 heteroatoms. The molecule has 2 N–H and O–H groups in total. The molecule has 1 aliphatic rings. The van der Waals surface area contributed by atoms with Crippen LogP contribution in [0.1, 0.15) is 26.3 Å². The molecule has 2 rings (SSSR count). The molecule has 1 atom stereocenters. The van der Waals surface area contributed by atoms with Gasteiger partial charge in [0.15, 0.2) is 0 Å². The fourth-order valence-corrected chi connectivity index (χ4v) is 2.83. The van der Waals surface area contributed by atoms with E-state index in [1.807, 2.05) is 0 Å². The van der Waals surface area contributed by atoms with Crippen molar-refractivity contribution >= 4 is 5.69 Å². The molecule has 0 amide bonds. The van der Waals surface area contributed by atoms with Crippen LogP contribution in [0.4, 0.5) is 5.69 Å². The van der Waals surface area contributed by atoms with Crippen molar-refractivity contribution in [2.75, 3.05) is 37.7 Å². The molecule has 4 nitrogen and oxygen atoms in total. The first kappa shape index (κ1) is 16.3. The lowest BCUT2D eigenvalue weighted by atomic mass is 10.1. The van der Waals surface area contributed by atoms with Crippen LogP contribution in [0, 0.1) is 0 Å². The van der Waals surface area contributed by atoms with Crippen LogP contribution in [-0.2, 0) is 11.3 Å². The van der Waals surface area contributed by atoms with Gasteiger partial charge in [-0.2, -0.15) is 0 Å². The second-order valence-electron chi connectivity index (χ2n) is 5.99. The maximum atomic E-state index is 5.95. The minimum Gasteiger partial charge on any atom is -0.374 e. The fraction of sp³-hybridized carbons (Fsp3) is 0.647. The van der Waals surface area contributed by atoms with E-state index >= 15 is 0 Å². The third-order valence-corrected chi connectivity index (χ3v) is 4.24. The zero-order chi connectivity index (χ0) is 15.2. The second kappa shape index (κ2) is 7.78. The van der Waals surface area contributed by atoms with Gasteiger partial charge in [-0.25, -0.2) is 0 Å². The normalized spacial score (nSPS) is 20.0. The fourth-order valence-electron chi connectivity index (χ4n) is 2.83. The molecule has 0 aromatic heterocycles. The zero-order valence-corrected chi connectivity index (χ0v) is 13.6. The maximum Gasteiger partial charge on any atom is 0.0877 e. The summed E-state index contributed by atoms with van der Waals surface area (Å²) in [5, 5.41) is 0. The van der Waals surface area contributed by atoms with Gasteiger partial charge in [0.2, 0.25) is 0 Å². The van der Waals surface area contributed by atoms with E-state index < -0.39 is 0 Å². The lowest BCUT2D eigenvalue weighted by molar-refractivity contribution is -0.0341. The largest absolute Gasteiger partial charge is 0.374 e. The number of hydrogen-bond acceptors (Lipinski definition) is 4. The Balaban J connectivity index is 1.97. The minimum atomic E-state index is 0.287. The van der Waals surface area contributed by atoms with Crippen molar-refractivity contribution in [1.82, 2.24) is 4.90 Å². The SMILES string of the molecule is CCN(CC1CN(C(C)C)CCO1)c1ccc(CN)cc1. The van der Waals surface area contributed by atoms with Crippen LogP contribution in [0.25, 0.3) is 0 Å². The highest BCUT2D eigenvalue weighted by Gasteiger charge is 2.23. The second-order valence-corrected chi connectivity index (χ2v) is 5.99. The number of hydrogen-bond donors (Lipinski definition) is 1. The highest BCUT2D eigenvalue weighted by atomic mass is 16.5. The quantitative estimate of drug-likeness (QED) is 0.871. The number of nitrogens with zero attached hydrogens (tertiary/aromatic N) is 2. The van der Waals surface area contributed by atoms with Crippen molar-refractivity contribution in [1.29, 1.82) is 0 Å². The van der Waals surface area contributed by atoms with Crippen LogP contribution < -0.4 is 10.6 Å². The van der Waals surface area contributed by atoms with E-state index in [0.29, 0.717) is 12.6 Å². The molecule has 0 spiro atoms. The summed E-state index contributed by atoms with van der Waals surface area (Å²) in [6.45, 7) is 12.1. The Kier molecular flexibility index (Phi) is 6.03. The zero-order valence-electron chi connectivity index (χ0n) is 13.6. The van der Waals surface area contributed by atoms with E-state index in [1.54, 1.807) is 0 Å². The Labute approximate surface area is 128 Å². The molecule has 0 saturated carbocycles. The molecule has 0 aliphatic carbocycles. The molecule has 1 heterocycles. The smallest absolute Gasteiger partial charge is 0.0877 e. The molecule has 0 bridgehead atoms. The van der Waals surface area contributed by atoms with E-state index in [-0.39, 0.29) is 6.10 Å². The molecule has 1 unspecified atom stereocenters. The minimum absolute atomic E-state index is 0.287. The van der Waals surface area contributed by atoms with Crippen LogP contribution in [0.5, 0.6) is 0 Å². The van der Waals surface area contributed by atoms with E-state index in [1.165, 1.54) is 11.3 Å². The summed E-state index contributed by atoms with van der Waals surface area (Å²) in [4.78, 5) is 4.88. The number of morpholine rings is 1. The number of rotatable bonds is 6. The van der Waals surface area contributed by atoms with Crippen molar-refractivity contribution in [2.24, 2.45) is 5.73 Å². The van der Waals surface area contributed by atoms with E-state index in [0.717, 1.165) is 32.8 Å². The molecular formula is C17H29N3O. The number of ether oxygens (including phenoxy) is 1. The van der Waals surface area contributed by atoms with Crippen molar-refractivity contribution < 1.29 is 4.74 Å². The monoisotopic (exact) mass is 291 g/mol. The molecule has 1 fully saturated rings. The molecule has 1 saturated heterocycles. The number of likely N-dealkylation sites (N-methyl/N-ethyl adjacent to an activating group) is 1. The van der Waals surface area contributed by atoms with Crippen molar-refractivity contribution in [3.8, 4) is 0 Å². The summed E-state index contributed by atoms with van der Waals surface area (Å²) in [5.41, 5.74) is 8.09. The van der Waals surface area contributed by atoms with Gasteiger partial charge in [0.25, 0.3) is 0 Å². The first-order valence-corrected chi connectivity index (χ1v) is 8.03. The van der Waals surface area contributed by atoms with Gasteiger partial charge in [0.1, 0.15) is 0 Å². The lowest BCUT2D eigenvalue weighted by Crippen LogP contribution is -2.49. The van der Waals surface area contributed by atoms with Crippen molar-refractivity contribution in [3.05, 3.63) is 29.8 Å². The molecule has 1 aromatic rings. The van der Waals surface area contributed by atoms with E-state index in [2.05, 4.69) is 54.8 Å². The number of nitrogens with two attached hydrogens (primary N) is 1. The highest BCUT2D eigenvalue weighted by molar-refractivity contribution is 5.47. The average molecular weight is 291 g/mol. The average Bonchev–Trinajstić information content (AvgIpc) is 2.53. The Morgan fingerprint density at radius 2 is 2.05 bits per heavy atom. The van der Waals surface area contributed by atoms with E-state index in [9.17, 15) is 0 Å². The van der Waals surface area contributed by atoms with Gasteiger partial charge >= 0.3 is 0 Å². The van der Waals surface area contributed by atoms with Crippen molar-refractivity contribution in [2.45, 2.75) is 39.5 Å². The highest BCUT2D eigenvalue weighted by Crippen LogP contribution is 2.18. The third-order valence-electron chi connectivity index (χ3n) is 4.24. The van der Waals surface area contributed by atoms with Crippen LogP contribution >= 0.6 is 0 Å². The van der Waals surface area contributed by atoms with Gasteiger partial charge < -0.3 is 15.4 Å². The van der Waals surface area contributed by atoms with Gasteiger partial charge in [0.05, 0.1) is 12.7 Å². The Morgan fingerprint density at radius 3 is 2.62 bits per heavy atom. The van der Waals surface area contributed by atoms with E-state index in [4.69, 9.17) is 10.5 Å². The summed E-state index contributed by atoms with van der Waals surface area (Å²) in [6.07, 6.45) is 0.287. The molecule has 118 valence electrons. The van der Waals surface area contributed by atoms with Gasteiger partial charge in [0, 0.05) is 44.5 Å². The van der Waals surface area contributed by atoms with Crippen LogP contribution in [-0.4, -0.2) is 49.8 Å². The molecule has 0 radical (unpaired) electrons. The summed E-state index contributed by atoms with van der Waals surface area (Å²) >= 11 is 0. The van der Waals surface area contributed by atoms with Crippen LogP contribution in [0.3, 0.4) is 0 Å². The standard InChI is InChI=1S/C17H29N3O/c1-4-19(16-7-5-15(11-18)6-8-16)12-17-13-20(14(2)3)9-10-21-17/h5-8,14,17H,4,9-13,18H2,1-3H3. The number of benzene rings is 1. The summed E-state index contributed by atoms with van der Waals surface area (Å²) in [6, 6.07) is 9.14. The topological polar surface area (TPSA) is 41.7 Å². The molecular weight excluding hydrogens is 262 g/mol. The third kappa shape index (κ3) is 4.43. The lowest BCUT2D eigenvalue weighted by Gasteiger charge is -2.38. The van der Waals surface area contributed by atoms with Crippen LogP contribution in [0.2, 0.25) is 0 Å². The Hall–Kier alpha value is -1.10. The summed E-state index contributed by atoms with van der Waals surface area (Å²) in [7, 11) is 0. The predicted octanol–water partition coefficient (Wildman–Crippen LogP) is 2.08. The first-order valence-electron chi connectivity index (χ1n) is 8.03. The molecule has 1 aliphatic heterocycles. The maximum absolute atomic E-state index is 5.95. The first-order chi connectivity index (χ1) is 10.1. The number of anilines is 1. The molecule has 1 aromatic carbocycles. The van der Waals surface area contributed by atoms with Gasteiger partial charge in [-0.15, -0.1) is 0 Å². The van der Waals surface area contributed by atoms with Crippen LogP contribution in [0.15, 0.2) is 24.3 Å². The van der Waals surface area contributed by atoms with Gasteiger partial charge in [-0.05, 0) is 38.5 Å². The predicted molar refractivity (Wildman–Crippen MR) is 88.7 cm³/mol. The summed E-state index contributed by atoms with van der Waals surface area (Å²) in [5.74, 6) is 0. The Morgan fingerprint density at radius 1 is 1.33 bits per heavy atom.